The molecule has 0 aliphatic carbocycles. The van der Waals surface area contributed by atoms with Gasteiger partial charge in [-0.15, -0.1) is 0 Å². The topological polar surface area (TPSA) is 117 Å². The molecule has 0 radical (unpaired) electrons. The second kappa shape index (κ2) is 11.2. The lowest BCUT2D eigenvalue weighted by atomic mass is 10.2. The lowest BCUT2D eigenvalue weighted by molar-refractivity contribution is 0.108. The highest BCUT2D eigenvalue weighted by Gasteiger charge is 2.32. The highest BCUT2D eigenvalue weighted by atomic mass is 31.2. The maximum Gasteiger partial charge on any atom is 0.346 e. The maximum atomic E-state index is 12.4. The van der Waals surface area contributed by atoms with Crippen molar-refractivity contribution in [3.8, 4) is 5.75 Å². The number of amidine groups is 1. The average molecular weight is 426 g/mol. The van der Waals surface area contributed by atoms with Gasteiger partial charge >= 0.3 is 7.52 Å². The fraction of sp³-hybridized carbons (Fsp3) is 0.267. The smallest absolute Gasteiger partial charge is 0.346 e. The number of nitrogens with one attached hydrogen (secondary N) is 1. The largest absolute Gasteiger partial charge is 0.505 e. The summed E-state index contributed by atoms with van der Waals surface area (Å²) in [5.41, 5.74) is -0.213. The maximum absolute atomic E-state index is 12.4. The number of anilines is 1. The van der Waals surface area contributed by atoms with E-state index in [0.29, 0.717) is 5.69 Å². The highest BCUT2D eigenvalue weighted by Crippen LogP contribution is 2.46. The number of hydrogen-bond donors (Lipinski definition) is 3. The van der Waals surface area contributed by atoms with Crippen molar-refractivity contribution < 1.29 is 32.9 Å². The van der Waals surface area contributed by atoms with Gasteiger partial charge in [-0.05, 0) is 19.1 Å². The molecule has 28 heavy (non-hydrogen) atoms. The molecule has 0 saturated carbocycles. The van der Waals surface area contributed by atoms with E-state index in [1.54, 1.807) is 18.2 Å². The number of rotatable bonds is 1. The molecule has 1 aliphatic rings. The van der Waals surface area contributed by atoms with Crippen LogP contribution in [0.4, 0.5) is 24.0 Å². The summed E-state index contributed by atoms with van der Waals surface area (Å²) in [6, 6.07) is 6.39. The molecule has 1 aliphatic heterocycles. The molecule has 0 amide bonds. The Morgan fingerprint density at radius 3 is 2.25 bits per heavy atom. The van der Waals surface area contributed by atoms with Gasteiger partial charge in [0.05, 0.1) is 11.0 Å². The number of hydrogen-bond acceptors (Lipinski definition) is 5. The first-order valence-electron chi connectivity index (χ1n) is 7.67. The van der Waals surface area contributed by atoms with Gasteiger partial charge in [0.25, 0.3) is 5.56 Å². The van der Waals surface area contributed by atoms with Crippen LogP contribution in [0.1, 0.15) is 25.1 Å². The Hall–Kier alpha value is -2.72. The molecule has 13 heteroatoms. The van der Waals surface area contributed by atoms with E-state index >= 15 is 0 Å². The summed E-state index contributed by atoms with van der Waals surface area (Å²) in [5, 5.41) is 16.9. The van der Waals surface area contributed by atoms with Gasteiger partial charge in [0, 0.05) is 25.3 Å². The number of para-hydroxylation sites is 1. The number of benzene rings is 1. The zero-order valence-electron chi connectivity index (χ0n) is 15.3. The van der Waals surface area contributed by atoms with E-state index in [4.69, 9.17) is 18.3 Å². The first-order chi connectivity index (χ1) is 13.3. The van der Waals surface area contributed by atoms with Gasteiger partial charge < -0.3 is 15.3 Å². The molecule has 1 atom stereocenters. The standard InChI is InChI=1S/C13H13N4O4P.C2H6.2F2/c1-7-11(18)10(13(19)17(2)15-7)12-14-8-5-3-4-6-9(8)22(20,21)16-12;3*1-2/h3-6,18H,1-2H3,(H2,14,16,20,21);1-2H3;;. The SMILES string of the molecule is CC.Cc1nn(C)c(=O)c(C2=NP(=O)(O)c3ccccc3N2)c1O.FF.FF. The van der Waals surface area contributed by atoms with E-state index in [9.17, 15) is 19.4 Å². The predicted octanol–water partition coefficient (Wildman–Crippen LogP) is 3.18. The molecule has 1 unspecified atom stereocenters. The molecule has 2 aromatic rings. The number of aryl methyl sites for hydroxylation is 2. The van der Waals surface area contributed by atoms with E-state index < -0.39 is 13.1 Å². The van der Waals surface area contributed by atoms with Gasteiger partial charge in [-0.25, -0.2) is 4.68 Å². The summed E-state index contributed by atoms with van der Waals surface area (Å²) in [6.45, 7) is 5.52. The van der Waals surface area contributed by atoms with Gasteiger partial charge in [-0.3, -0.25) is 9.36 Å². The summed E-state index contributed by atoms with van der Waals surface area (Å²) >= 11 is 0. The first-order valence-corrected chi connectivity index (χ1v) is 9.28. The minimum Gasteiger partial charge on any atom is -0.505 e. The van der Waals surface area contributed by atoms with Gasteiger partial charge in [0.2, 0.25) is 0 Å². The third-order valence-electron chi connectivity index (χ3n) is 3.33. The quantitative estimate of drug-likeness (QED) is 0.476. The predicted molar refractivity (Wildman–Crippen MR) is 97.7 cm³/mol. The normalized spacial score (nSPS) is 16.4. The van der Waals surface area contributed by atoms with Gasteiger partial charge in [0.15, 0.2) is 11.6 Å². The second-order valence-electron chi connectivity index (χ2n) is 4.87. The van der Waals surface area contributed by atoms with Crippen molar-refractivity contribution in [1.29, 1.82) is 0 Å². The highest BCUT2D eigenvalue weighted by molar-refractivity contribution is 7.65. The van der Waals surface area contributed by atoms with Crippen LogP contribution in [-0.2, 0) is 11.6 Å². The van der Waals surface area contributed by atoms with Crippen molar-refractivity contribution in [2.45, 2.75) is 20.8 Å². The van der Waals surface area contributed by atoms with Gasteiger partial charge in [0.1, 0.15) is 11.3 Å². The summed E-state index contributed by atoms with van der Waals surface area (Å²) < 4.78 is 49.1. The van der Waals surface area contributed by atoms with Crippen LogP contribution >= 0.6 is 7.52 Å². The minimum atomic E-state index is -4.02. The van der Waals surface area contributed by atoms with E-state index in [1.165, 1.54) is 20.0 Å². The lowest BCUT2D eigenvalue weighted by Gasteiger charge is -2.22. The van der Waals surface area contributed by atoms with E-state index in [-0.39, 0.29) is 28.1 Å². The fourth-order valence-corrected chi connectivity index (χ4v) is 3.52. The molecule has 0 bridgehead atoms. The molecule has 1 aromatic carbocycles. The number of halogens is 4. The third kappa shape index (κ3) is 5.17. The monoisotopic (exact) mass is 426 g/mol. The van der Waals surface area contributed by atoms with Crippen molar-refractivity contribution in [2.24, 2.45) is 11.8 Å². The third-order valence-corrected chi connectivity index (χ3v) is 4.82. The molecular weight excluding hydrogens is 407 g/mol. The Balaban J connectivity index is 0.00000111. The zero-order chi connectivity index (χ0) is 22.1. The molecule has 3 N–H and O–H groups in total. The Kier molecular flexibility index (Phi) is 10.1. The fourth-order valence-electron chi connectivity index (χ4n) is 2.26. The number of aromatic hydroxyl groups is 1. The van der Waals surface area contributed by atoms with Crippen molar-refractivity contribution in [2.75, 3.05) is 5.32 Å². The Labute approximate surface area is 157 Å². The van der Waals surface area contributed by atoms with Crippen LogP contribution in [0.15, 0.2) is 33.8 Å². The summed E-state index contributed by atoms with van der Waals surface area (Å²) in [5.74, 6) is -0.512. The Morgan fingerprint density at radius 1 is 1.14 bits per heavy atom. The molecule has 2 heterocycles. The van der Waals surface area contributed by atoms with E-state index in [0.717, 1.165) is 4.68 Å². The molecule has 0 fully saturated rings. The van der Waals surface area contributed by atoms with Crippen molar-refractivity contribution in [3.05, 3.63) is 45.9 Å². The van der Waals surface area contributed by atoms with Gasteiger partial charge in [-0.1, -0.05) is 26.0 Å². The molecule has 156 valence electrons. The van der Waals surface area contributed by atoms with Crippen LogP contribution in [0.5, 0.6) is 5.75 Å². The summed E-state index contributed by atoms with van der Waals surface area (Å²) in [7, 11) is -2.60. The van der Waals surface area contributed by atoms with Crippen LogP contribution in [0.3, 0.4) is 0 Å². The molecule has 3 rings (SSSR count). The first kappa shape index (κ1) is 25.3. The number of nitrogens with zero attached hydrogens (tertiary/aromatic N) is 3. The molecule has 0 spiro atoms. The van der Waals surface area contributed by atoms with Gasteiger partial charge in [-0.2, -0.15) is 9.86 Å². The lowest BCUT2D eigenvalue weighted by Crippen LogP contribution is -2.33. The van der Waals surface area contributed by atoms with Crippen molar-refractivity contribution >= 4 is 24.3 Å². The minimum absolute atomic E-state index is 0.145. The second-order valence-corrected chi connectivity index (χ2v) is 6.64. The van der Waals surface area contributed by atoms with Crippen LogP contribution in [0, 0.1) is 6.92 Å². The van der Waals surface area contributed by atoms with Crippen molar-refractivity contribution in [1.82, 2.24) is 9.78 Å². The Bertz CT molecular complexity index is 937. The molecular formula is C15H19F4N4O4P. The molecule has 0 saturated heterocycles. The Morgan fingerprint density at radius 2 is 1.68 bits per heavy atom. The van der Waals surface area contributed by atoms with Crippen LogP contribution < -0.4 is 16.2 Å². The number of aromatic nitrogens is 2. The summed E-state index contributed by atoms with van der Waals surface area (Å²) in [4.78, 5) is 22.3. The molecule has 8 nitrogen and oxygen atoms in total. The van der Waals surface area contributed by atoms with Crippen molar-refractivity contribution in [3.63, 3.8) is 0 Å². The average Bonchev–Trinajstić information content (AvgIpc) is 2.71. The zero-order valence-corrected chi connectivity index (χ0v) is 16.2. The van der Waals surface area contributed by atoms with Crippen LogP contribution in [0.25, 0.3) is 0 Å². The number of fused-ring (bicyclic) bond motifs is 1. The van der Waals surface area contributed by atoms with E-state index in [1.807, 2.05) is 13.8 Å². The van der Waals surface area contributed by atoms with Crippen LogP contribution in [-0.4, -0.2) is 25.6 Å². The summed E-state index contributed by atoms with van der Waals surface area (Å²) in [6.07, 6.45) is 0. The van der Waals surface area contributed by atoms with Crippen LogP contribution in [0.2, 0.25) is 0 Å². The van der Waals surface area contributed by atoms with E-state index in [2.05, 4.69) is 15.2 Å². The molecule has 1 aromatic heterocycles.